The van der Waals surface area contributed by atoms with Gasteiger partial charge in [0.05, 0.1) is 8.07 Å². The third-order valence-corrected chi connectivity index (χ3v) is 13.8. The molecule has 0 saturated heterocycles. The monoisotopic (exact) mass is 746 g/mol. The average molecular weight is 745 g/mol. The SMILES string of the molecule is CCCC[Si](C)(c1cc2c(-c3c(C)cccc3C)cccc2[cH-]1)c1cc2c(-c3c(C)cccc3C)cccc2[cH-]1.[CH3-].[CH3-].[Hf+4]. The third kappa shape index (κ3) is 6.11. The van der Waals surface area contributed by atoms with Crippen molar-refractivity contribution in [2.24, 2.45) is 0 Å². The van der Waals surface area contributed by atoms with Crippen LogP contribution in [0.3, 0.4) is 0 Å². The van der Waals surface area contributed by atoms with Crippen molar-refractivity contribution in [1.82, 2.24) is 0 Å². The summed E-state index contributed by atoms with van der Waals surface area (Å²) < 4.78 is 0. The average Bonchev–Trinajstić information content (AvgIpc) is 3.58. The van der Waals surface area contributed by atoms with Gasteiger partial charge >= 0.3 is 25.8 Å². The van der Waals surface area contributed by atoms with E-state index in [1.54, 1.807) is 10.4 Å². The molecule has 2 heteroatoms. The van der Waals surface area contributed by atoms with Gasteiger partial charge in [0.15, 0.2) is 0 Å². The van der Waals surface area contributed by atoms with Crippen molar-refractivity contribution in [2.75, 3.05) is 0 Å². The van der Waals surface area contributed by atoms with E-state index in [1.807, 2.05) is 0 Å². The Hall–Kier alpha value is -2.81. The third-order valence-electron chi connectivity index (χ3n) is 9.31. The smallest absolute Gasteiger partial charge is 0.358 e. The number of fused-ring (bicyclic) bond motifs is 2. The van der Waals surface area contributed by atoms with E-state index >= 15 is 0 Å². The van der Waals surface area contributed by atoms with Crippen LogP contribution in [0.1, 0.15) is 42.0 Å². The standard InChI is InChI=1S/C39H40Si.2CH3.Hf/c1-7-8-21-40(6,32-22-30-17-11-19-34(36(30)24-32)38-26(2)13-9-14-27(38)3)33-23-31-18-12-20-35(37(31)25-33)39-28(4)15-10-16-29(39)5;;;/h9-20,22-25H,7-8,21H2,1-6H3;2*1H3;/q-2;2*-1;+4. The van der Waals surface area contributed by atoms with Crippen molar-refractivity contribution < 1.29 is 25.8 Å². The van der Waals surface area contributed by atoms with Gasteiger partial charge in [0, 0.05) is 0 Å². The number of benzene rings is 4. The van der Waals surface area contributed by atoms with E-state index in [2.05, 4.69) is 138 Å². The summed E-state index contributed by atoms with van der Waals surface area (Å²) in [6.45, 7) is 13.9. The summed E-state index contributed by atoms with van der Waals surface area (Å²) in [4.78, 5) is 0. The van der Waals surface area contributed by atoms with Crippen LogP contribution in [0.4, 0.5) is 0 Å². The van der Waals surface area contributed by atoms with E-state index in [0.717, 1.165) is 0 Å². The summed E-state index contributed by atoms with van der Waals surface area (Å²) >= 11 is 0. The Morgan fingerprint density at radius 2 is 0.953 bits per heavy atom. The fraction of sp³-hybridized carbons (Fsp3) is 0.220. The number of hydrogen-bond acceptors (Lipinski definition) is 0. The normalized spacial score (nSPS) is 11.2. The molecule has 0 aliphatic rings. The first-order valence-corrected chi connectivity index (χ1v) is 17.6. The molecule has 0 spiro atoms. The van der Waals surface area contributed by atoms with Crippen LogP contribution in [0.25, 0.3) is 43.8 Å². The molecule has 0 aliphatic carbocycles. The first kappa shape index (κ1) is 34.7. The number of rotatable bonds is 7. The molecule has 6 aromatic carbocycles. The Balaban J connectivity index is 0.00000169. The largest absolute Gasteiger partial charge is 4.00 e. The summed E-state index contributed by atoms with van der Waals surface area (Å²) in [5.74, 6) is 0. The Labute approximate surface area is 280 Å². The second-order valence-corrected chi connectivity index (χ2v) is 16.4. The molecule has 0 radical (unpaired) electrons. The molecule has 218 valence electrons. The minimum Gasteiger partial charge on any atom is -0.358 e. The molecule has 0 atom stereocenters. The molecule has 0 aromatic heterocycles. The van der Waals surface area contributed by atoms with Crippen molar-refractivity contribution in [3.05, 3.63) is 134 Å². The predicted molar refractivity (Wildman–Crippen MR) is 192 cm³/mol. The van der Waals surface area contributed by atoms with Crippen molar-refractivity contribution >= 4 is 40.0 Å². The van der Waals surface area contributed by atoms with Gasteiger partial charge in [0.2, 0.25) is 0 Å². The van der Waals surface area contributed by atoms with E-state index in [-0.39, 0.29) is 40.7 Å². The molecular formula is C41H46HfSi. The molecule has 0 nitrogen and oxygen atoms in total. The van der Waals surface area contributed by atoms with Gasteiger partial charge in [-0.15, -0.1) is 68.3 Å². The Bertz CT molecular complexity index is 1680. The molecule has 0 heterocycles. The molecule has 0 fully saturated rings. The Kier molecular flexibility index (Phi) is 11.2. The van der Waals surface area contributed by atoms with Crippen molar-refractivity contribution in [3.8, 4) is 22.3 Å². The summed E-state index contributed by atoms with van der Waals surface area (Å²) in [5, 5.41) is 8.68. The second kappa shape index (κ2) is 13.9. The van der Waals surface area contributed by atoms with E-state index in [4.69, 9.17) is 0 Å². The van der Waals surface area contributed by atoms with Crippen LogP contribution in [0.5, 0.6) is 0 Å². The fourth-order valence-electron chi connectivity index (χ4n) is 7.01. The fourth-order valence-corrected chi connectivity index (χ4v) is 10.9. The van der Waals surface area contributed by atoms with E-state index in [0.29, 0.717) is 0 Å². The summed E-state index contributed by atoms with van der Waals surface area (Å²) in [6.07, 6.45) is 2.49. The van der Waals surface area contributed by atoms with Gasteiger partial charge in [0.25, 0.3) is 0 Å². The molecule has 0 unspecified atom stereocenters. The van der Waals surface area contributed by atoms with E-state index in [1.165, 1.54) is 84.9 Å². The first-order chi connectivity index (χ1) is 19.3. The molecule has 0 aliphatic heterocycles. The molecule has 6 aromatic rings. The zero-order chi connectivity index (χ0) is 28.0. The number of hydrogen-bond donors (Lipinski definition) is 0. The molecule has 0 saturated carbocycles. The molecule has 43 heavy (non-hydrogen) atoms. The van der Waals surface area contributed by atoms with E-state index < -0.39 is 8.07 Å². The topological polar surface area (TPSA) is 0 Å². The van der Waals surface area contributed by atoms with E-state index in [9.17, 15) is 0 Å². The zero-order valence-electron chi connectivity index (χ0n) is 27.4. The van der Waals surface area contributed by atoms with Crippen LogP contribution in [-0.4, -0.2) is 8.07 Å². The molecular weight excluding hydrogens is 699 g/mol. The predicted octanol–water partition coefficient (Wildman–Crippen LogP) is 10.9. The Morgan fingerprint density at radius 1 is 0.581 bits per heavy atom. The maximum atomic E-state index is 2.61. The second-order valence-electron chi connectivity index (χ2n) is 12.1. The minimum absolute atomic E-state index is 0. The van der Waals surface area contributed by atoms with Gasteiger partial charge in [-0.2, -0.15) is 12.1 Å². The first-order valence-electron chi connectivity index (χ1n) is 14.8. The summed E-state index contributed by atoms with van der Waals surface area (Å²) in [6, 6.07) is 38.5. The Morgan fingerprint density at radius 3 is 1.33 bits per heavy atom. The minimum atomic E-state index is -1.99. The van der Waals surface area contributed by atoms with Crippen molar-refractivity contribution in [1.29, 1.82) is 0 Å². The number of unbranched alkanes of at least 4 members (excludes halogenated alkanes) is 1. The maximum Gasteiger partial charge on any atom is 4.00 e. The van der Waals surface area contributed by atoms with Gasteiger partial charge in [-0.1, -0.05) is 92.0 Å². The molecule has 0 amide bonds. The van der Waals surface area contributed by atoms with Crippen LogP contribution in [0.15, 0.2) is 97.1 Å². The van der Waals surface area contributed by atoms with Gasteiger partial charge in [-0.25, -0.2) is 0 Å². The van der Waals surface area contributed by atoms with Crippen molar-refractivity contribution in [3.63, 3.8) is 0 Å². The maximum absolute atomic E-state index is 2.61. The van der Waals surface area contributed by atoms with Gasteiger partial charge < -0.3 is 14.9 Å². The number of aryl methyl sites for hydroxylation is 4. The van der Waals surface area contributed by atoms with Gasteiger partial charge in [-0.3, -0.25) is 0 Å². The molecule has 0 bridgehead atoms. The van der Waals surface area contributed by atoms with Crippen LogP contribution in [0, 0.1) is 42.5 Å². The quantitative estimate of drug-likeness (QED) is 0.113. The molecule has 6 rings (SSSR count). The zero-order valence-corrected chi connectivity index (χ0v) is 32.0. The van der Waals surface area contributed by atoms with Gasteiger partial charge in [-0.05, 0) is 61.1 Å². The van der Waals surface area contributed by atoms with Crippen LogP contribution in [0.2, 0.25) is 12.6 Å². The van der Waals surface area contributed by atoms with Gasteiger partial charge in [0.1, 0.15) is 0 Å². The van der Waals surface area contributed by atoms with Crippen molar-refractivity contribution in [2.45, 2.75) is 60.1 Å². The summed E-state index contributed by atoms with van der Waals surface area (Å²) in [5.41, 5.74) is 10.9. The molecule has 0 N–H and O–H groups in total. The van der Waals surface area contributed by atoms with Crippen LogP contribution < -0.4 is 10.4 Å². The summed E-state index contributed by atoms with van der Waals surface area (Å²) in [7, 11) is -1.99. The van der Waals surface area contributed by atoms with Crippen LogP contribution >= 0.6 is 0 Å². The van der Waals surface area contributed by atoms with Crippen LogP contribution in [-0.2, 0) is 25.8 Å².